The Kier molecular flexibility index (Phi) is 3.29. The lowest BCUT2D eigenvalue weighted by Crippen LogP contribution is -2.51. The number of carbonyl (C=O) groups is 3. The van der Waals surface area contributed by atoms with Gasteiger partial charge in [0, 0.05) is 12.4 Å². The van der Waals surface area contributed by atoms with E-state index in [-0.39, 0.29) is 5.57 Å². The summed E-state index contributed by atoms with van der Waals surface area (Å²) in [5.41, 5.74) is 0.719. The molecule has 0 spiro atoms. The van der Waals surface area contributed by atoms with Crippen LogP contribution in [0.2, 0.25) is 0 Å². The highest BCUT2D eigenvalue weighted by molar-refractivity contribution is 6.29. The first-order valence-electron chi connectivity index (χ1n) is 5.12. The van der Waals surface area contributed by atoms with E-state index in [1.807, 2.05) is 16.7 Å². The van der Waals surface area contributed by atoms with Gasteiger partial charge in [0.1, 0.15) is 5.57 Å². The first-order chi connectivity index (χ1) is 8.66. The molecular weight excluding hydrogens is 234 g/mol. The van der Waals surface area contributed by atoms with Crippen LogP contribution in [0.3, 0.4) is 0 Å². The fourth-order valence-electron chi connectivity index (χ4n) is 1.36. The Balaban J connectivity index is 2.14. The molecular formula is C12H9N3O3. The van der Waals surface area contributed by atoms with E-state index in [0.717, 1.165) is 5.56 Å². The van der Waals surface area contributed by atoms with Gasteiger partial charge in [-0.3, -0.25) is 25.2 Å². The zero-order valence-corrected chi connectivity index (χ0v) is 9.21. The lowest BCUT2D eigenvalue weighted by molar-refractivity contribution is -0.124. The van der Waals surface area contributed by atoms with Gasteiger partial charge in [-0.15, -0.1) is 0 Å². The largest absolute Gasteiger partial charge is 0.328 e. The van der Waals surface area contributed by atoms with Crippen molar-refractivity contribution in [2.75, 3.05) is 0 Å². The second-order valence-corrected chi connectivity index (χ2v) is 3.46. The molecule has 0 aromatic carbocycles. The third-order valence-electron chi connectivity index (χ3n) is 2.18. The Hall–Kier alpha value is -2.76. The minimum absolute atomic E-state index is 0.116. The molecule has 18 heavy (non-hydrogen) atoms. The van der Waals surface area contributed by atoms with Gasteiger partial charge in [-0.1, -0.05) is 18.2 Å². The van der Waals surface area contributed by atoms with Crippen LogP contribution >= 0.6 is 0 Å². The van der Waals surface area contributed by atoms with Crippen molar-refractivity contribution in [3.05, 3.63) is 47.8 Å². The number of imide groups is 2. The average Bonchev–Trinajstić information content (AvgIpc) is 2.34. The van der Waals surface area contributed by atoms with Crippen LogP contribution in [0.15, 0.2) is 42.3 Å². The zero-order valence-electron chi connectivity index (χ0n) is 9.21. The first kappa shape index (κ1) is 11.7. The van der Waals surface area contributed by atoms with Crippen molar-refractivity contribution in [2.24, 2.45) is 0 Å². The SMILES string of the molecule is O=C1NC(=O)C(=CC=Cc2cccnc2)C(=O)N1. The molecule has 90 valence electrons. The summed E-state index contributed by atoms with van der Waals surface area (Å²) >= 11 is 0. The quantitative estimate of drug-likeness (QED) is 0.581. The minimum atomic E-state index is -0.807. The zero-order chi connectivity index (χ0) is 13.0. The van der Waals surface area contributed by atoms with Gasteiger partial charge in [-0.05, 0) is 17.7 Å². The van der Waals surface area contributed by atoms with Crippen molar-refractivity contribution >= 4 is 23.9 Å². The van der Waals surface area contributed by atoms with Crippen LogP contribution in [-0.2, 0) is 9.59 Å². The highest BCUT2D eigenvalue weighted by Gasteiger charge is 2.26. The topological polar surface area (TPSA) is 88.2 Å². The summed E-state index contributed by atoms with van der Waals surface area (Å²) < 4.78 is 0. The van der Waals surface area contributed by atoms with E-state index in [2.05, 4.69) is 4.98 Å². The Labute approximate surface area is 102 Å². The van der Waals surface area contributed by atoms with E-state index >= 15 is 0 Å². The number of hydrogen-bond donors (Lipinski definition) is 2. The third-order valence-corrected chi connectivity index (χ3v) is 2.18. The summed E-state index contributed by atoms with van der Waals surface area (Å²) in [6, 6.07) is 2.79. The molecule has 1 aromatic rings. The second kappa shape index (κ2) is 5.05. The predicted molar refractivity (Wildman–Crippen MR) is 63.0 cm³/mol. The van der Waals surface area contributed by atoms with Gasteiger partial charge in [0.2, 0.25) is 0 Å². The maximum absolute atomic E-state index is 11.4. The second-order valence-electron chi connectivity index (χ2n) is 3.46. The van der Waals surface area contributed by atoms with Crippen molar-refractivity contribution < 1.29 is 14.4 Å². The number of pyridine rings is 1. The lowest BCUT2D eigenvalue weighted by atomic mass is 10.1. The van der Waals surface area contributed by atoms with E-state index in [9.17, 15) is 14.4 Å². The Morgan fingerprint density at radius 2 is 1.83 bits per heavy atom. The van der Waals surface area contributed by atoms with Gasteiger partial charge >= 0.3 is 6.03 Å². The molecule has 1 saturated heterocycles. The average molecular weight is 243 g/mol. The number of allylic oxidation sites excluding steroid dienone is 2. The van der Waals surface area contributed by atoms with Gasteiger partial charge in [0.15, 0.2) is 0 Å². The normalized spacial score (nSPS) is 15.6. The van der Waals surface area contributed by atoms with E-state index in [1.54, 1.807) is 30.6 Å². The molecule has 0 aliphatic carbocycles. The maximum Gasteiger partial charge on any atom is 0.328 e. The molecule has 1 aromatic heterocycles. The highest BCUT2D eigenvalue weighted by atomic mass is 16.2. The predicted octanol–water partition coefficient (Wildman–Crippen LogP) is 0.387. The molecule has 0 saturated carbocycles. The number of rotatable bonds is 2. The standard InChI is InChI=1S/C12H9N3O3/c16-10-9(11(17)15-12(18)14-10)5-1-3-8-4-2-6-13-7-8/h1-7H,(H2,14,15,16,17,18). The van der Waals surface area contributed by atoms with Gasteiger partial charge in [-0.2, -0.15) is 0 Å². The van der Waals surface area contributed by atoms with Crippen LogP contribution in [-0.4, -0.2) is 22.8 Å². The van der Waals surface area contributed by atoms with Crippen molar-refractivity contribution in [3.8, 4) is 0 Å². The molecule has 2 rings (SSSR count). The van der Waals surface area contributed by atoms with Crippen LogP contribution in [0.5, 0.6) is 0 Å². The molecule has 1 aliphatic heterocycles. The minimum Gasteiger partial charge on any atom is -0.273 e. The molecule has 1 fully saturated rings. The molecule has 0 radical (unpaired) electrons. The summed E-state index contributed by atoms with van der Waals surface area (Å²) in [5.74, 6) is -1.42. The van der Waals surface area contributed by atoms with Crippen molar-refractivity contribution in [2.45, 2.75) is 0 Å². The summed E-state index contributed by atoms with van der Waals surface area (Å²) in [4.78, 5) is 37.4. The molecule has 0 unspecified atom stereocenters. The van der Waals surface area contributed by atoms with E-state index in [0.29, 0.717) is 0 Å². The van der Waals surface area contributed by atoms with Crippen LogP contribution in [0, 0.1) is 0 Å². The van der Waals surface area contributed by atoms with Crippen molar-refractivity contribution in [3.63, 3.8) is 0 Å². The van der Waals surface area contributed by atoms with Crippen LogP contribution < -0.4 is 10.6 Å². The maximum atomic E-state index is 11.4. The monoisotopic (exact) mass is 243 g/mol. The number of amides is 4. The van der Waals surface area contributed by atoms with Crippen molar-refractivity contribution in [1.29, 1.82) is 0 Å². The molecule has 1 aliphatic rings. The molecule has 2 heterocycles. The molecule has 0 atom stereocenters. The van der Waals surface area contributed by atoms with E-state index < -0.39 is 17.8 Å². The van der Waals surface area contributed by atoms with Gasteiger partial charge in [0.05, 0.1) is 0 Å². The molecule has 6 nitrogen and oxygen atoms in total. The number of urea groups is 1. The molecule has 6 heteroatoms. The number of nitrogens with zero attached hydrogens (tertiary/aromatic N) is 1. The molecule has 2 N–H and O–H groups in total. The van der Waals surface area contributed by atoms with Crippen LogP contribution in [0.4, 0.5) is 4.79 Å². The number of barbiturate groups is 1. The van der Waals surface area contributed by atoms with Gasteiger partial charge in [-0.25, -0.2) is 4.79 Å². The van der Waals surface area contributed by atoms with Crippen LogP contribution in [0.1, 0.15) is 5.56 Å². The number of carbonyl (C=O) groups excluding carboxylic acids is 3. The number of nitrogens with one attached hydrogen (secondary N) is 2. The van der Waals surface area contributed by atoms with E-state index in [1.165, 1.54) is 6.08 Å². The number of hydrogen-bond acceptors (Lipinski definition) is 4. The van der Waals surface area contributed by atoms with E-state index in [4.69, 9.17) is 0 Å². The smallest absolute Gasteiger partial charge is 0.273 e. The fourth-order valence-corrected chi connectivity index (χ4v) is 1.36. The number of aromatic nitrogens is 1. The van der Waals surface area contributed by atoms with Gasteiger partial charge in [0.25, 0.3) is 11.8 Å². The summed E-state index contributed by atoms with van der Waals surface area (Å²) in [7, 11) is 0. The van der Waals surface area contributed by atoms with Gasteiger partial charge < -0.3 is 0 Å². The van der Waals surface area contributed by atoms with Crippen molar-refractivity contribution in [1.82, 2.24) is 15.6 Å². The molecule has 0 bridgehead atoms. The first-order valence-corrected chi connectivity index (χ1v) is 5.12. The lowest BCUT2D eigenvalue weighted by Gasteiger charge is -2.12. The highest BCUT2D eigenvalue weighted by Crippen LogP contribution is 2.03. The third kappa shape index (κ3) is 2.67. The Morgan fingerprint density at radius 3 is 2.44 bits per heavy atom. The van der Waals surface area contributed by atoms with Crippen LogP contribution in [0.25, 0.3) is 6.08 Å². The fraction of sp³-hybridized carbons (Fsp3) is 0. The molecule has 4 amide bonds. The summed E-state index contributed by atoms with van der Waals surface area (Å²) in [6.45, 7) is 0. The Morgan fingerprint density at radius 1 is 1.11 bits per heavy atom. The summed E-state index contributed by atoms with van der Waals surface area (Å²) in [6.07, 6.45) is 7.85. The Bertz CT molecular complexity index is 539. The summed E-state index contributed by atoms with van der Waals surface area (Å²) in [5, 5.41) is 3.97.